The third-order valence-electron chi connectivity index (χ3n) is 3.14. The van der Waals surface area contributed by atoms with Gasteiger partial charge in [-0.3, -0.25) is 4.79 Å². The van der Waals surface area contributed by atoms with E-state index in [1.54, 1.807) is 4.90 Å². The van der Waals surface area contributed by atoms with Gasteiger partial charge in [-0.25, -0.2) is 0 Å². The Balaban J connectivity index is 2.25. The number of nitrogens with zero attached hydrogens (tertiary/aromatic N) is 2. The van der Waals surface area contributed by atoms with Crippen molar-refractivity contribution in [2.45, 2.75) is 6.54 Å². The van der Waals surface area contributed by atoms with Crippen LogP contribution in [0.2, 0.25) is 0 Å². The van der Waals surface area contributed by atoms with E-state index in [1.807, 2.05) is 73.6 Å². The smallest absolute Gasteiger partial charge is 0.241 e. The molecular formula is C17H21N3O. The molecule has 0 unspecified atom stereocenters. The molecule has 1 amide bonds. The highest BCUT2D eigenvalue weighted by molar-refractivity contribution is 5.94. The molecule has 0 saturated carbocycles. The number of amides is 1. The molecule has 0 radical (unpaired) electrons. The van der Waals surface area contributed by atoms with Crippen LogP contribution in [0.1, 0.15) is 5.56 Å². The average Bonchev–Trinajstić information content (AvgIpc) is 2.46. The lowest BCUT2D eigenvalue weighted by Gasteiger charge is -2.24. The fourth-order valence-corrected chi connectivity index (χ4v) is 2.10. The van der Waals surface area contributed by atoms with Crippen LogP contribution in [-0.2, 0) is 11.3 Å². The van der Waals surface area contributed by atoms with Gasteiger partial charge in [0.25, 0.3) is 0 Å². The average molecular weight is 283 g/mol. The molecule has 4 nitrogen and oxygen atoms in total. The molecule has 110 valence electrons. The highest BCUT2D eigenvalue weighted by Crippen LogP contribution is 2.19. The Morgan fingerprint density at radius 2 is 1.62 bits per heavy atom. The summed E-state index contributed by atoms with van der Waals surface area (Å²) in [4.78, 5) is 16.2. The molecule has 2 N–H and O–H groups in total. The summed E-state index contributed by atoms with van der Waals surface area (Å²) in [5, 5.41) is 0. The Labute approximate surface area is 125 Å². The largest absolute Gasteiger partial charge is 0.399 e. The maximum Gasteiger partial charge on any atom is 0.241 e. The Hall–Kier alpha value is -2.33. The first-order chi connectivity index (χ1) is 10.1. The molecule has 0 bridgehead atoms. The second-order valence-corrected chi connectivity index (χ2v) is 5.29. The van der Waals surface area contributed by atoms with Gasteiger partial charge in [-0.15, -0.1) is 0 Å². The van der Waals surface area contributed by atoms with E-state index in [4.69, 9.17) is 5.73 Å². The summed E-state index contributed by atoms with van der Waals surface area (Å²) in [5.74, 6) is 0.0635. The van der Waals surface area contributed by atoms with E-state index >= 15 is 0 Å². The fourth-order valence-electron chi connectivity index (χ4n) is 2.10. The molecule has 0 fully saturated rings. The lowest BCUT2D eigenvalue weighted by molar-refractivity contribution is -0.119. The standard InChI is InChI=1S/C17H21N3O/c1-19(2)13-17(21)20(12-14-6-4-3-5-7-14)16-10-8-15(18)9-11-16/h3-11H,12-13,18H2,1-2H3. The van der Waals surface area contributed by atoms with Crippen LogP contribution in [0.4, 0.5) is 11.4 Å². The van der Waals surface area contributed by atoms with Gasteiger partial charge in [-0.1, -0.05) is 30.3 Å². The number of likely N-dealkylation sites (N-methyl/N-ethyl adjacent to an activating group) is 1. The van der Waals surface area contributed by atoms with Gasteiger partial charge in [0.05, 0.1) is 13.1 Å². The third kappa shape index (κ3) is 4.33. The SMILES string of the molecule is CN(C)CC(=O)N(Cc1ccccc1)c1ccc(N)cc1. The van der Waals surface area contributed by atoms with E-state index in [-0.39, 0.29) is 5.91 Å². The number of nitrogen functional groups attached to an aromatic ring is 1. The number of benzene rings is 2. The summed E-state index contributed by atoms with van der Waals surface area (Å²) in [6, 6.07) is 17.4. The Morgan fingerprint density at radius 3 is 2.19 bits per heavy atom. The summed E-state index contributed by atoms with van der Waals surface area (Å²) in [5.41, 5.74) is 8.38. The molecule has 4 heteroatoms. The van der Waals surface area contributed by atoms with Crippen molar-refractivity contribution in [3.63, 3.8) is 0 Å². The minimum Gasteiger partial charge on any atom is -0.399 e. The normalized spacial score (nSPS) is 10.6. The first-order valence-corrected chi connectivity index (χ1v) is 6.91. The summed E-state index contributed by atoms with van der Waals surface area (Å²) in [7, 11) is 3.78. The zero-order valence-electron chi connectivity index (χ0n) is 12.5. The molecule has 0 aromatic heterocycles. The summed E-state index contributed by atoms with van der Waals surface area (Å²) >= 11 is 0. The maximum atomic E-state index is 12.5. The van der Waals surface area contributed by atoms with Gasteiger partial charge in [-0.2, -0.15) is 0 Å². The predicted molar refractivity (Wildman–Crippen MR) is 87.0 cm³/mol. The van der Waals surface area contributed by atoms with Crippen LogP contribution in [0.25, 0.3) is 0 Å². The lowest BCUT2D eigenvalue weighted by atomic mass is 10.2. The number of anilines is 2. The van der Waals surface area contributed by atoms with E-state index in [9.17, 15) is 4.79 Å². The van der Waals surface area contributed by atoms with Gasteiger partial charge in [0.15, 0.2) is 0 Å². The highest BCUT2D eigenvalue weighted by atomic mass is 16.2. The second-order valence-electron chi connectivity index (χ2n) is 5.29. The van der Waals surface area contributed by atoms with Crippen molar-refractivity contribution >= 4 is 17.3 Å². The van der Waals surface area contributed by atoms with Gasteiger partial charge in [0.1, 0.15) is 0 Å². The number of hydrogen-bond acceptors (Lipinski definition) is 3. The summed E-state index contributed by atoms with van der Waals surface area (Å²) < 4.78 is 0. The van der Waals surface area contributed by atoms with Crippen LogP contribution in [0.15, 0.2) is 54.6 Å². The van der Waals surface area contributed by atoms with E-state index in [0.717, 1.165) is 11.3 Å². The monoisotopic (exact) mass is 283 g/mol. The molecule has 0 atom stereocenters. The first kappa shape index (κ1) is 15.1. The van der Waals surface area contributed by atoms with Crippen molar-refractivity contribution in [1.82, 2.24) is 4.90 Å². The third-order valence-corrected chi connectivity index (χ3v) is 3.14. The zero-order chi connectivity index (χ0) is 15.2. The van der Waals surface area contributed by atoms with Gasteiger partial charge in [-0.05, 0) is 43.9 Å². The Morgan fingerprint density at radius 1 is 1.00 bits per heavy atom. The predicted octanol–water partition coefficient (Wildman–Crippen LogP) is 2.36. The maximum absolute atomic E-state index is 12.5. The van der Waals surface area contributed by atoms with Gasteiger partial charge in [0, 0.05) is 11.4 Å². The van der Waals surface area contributed by atoms with Crippen molar-refractivity contribution in [1.29, 1.82) is 0 Å². The number of carbonyl (C=O) groups is 1. The fraction of sp³-hybridized carbons (Fsp3) is 0.235. The van der Waals surface area contributed by atoms with Gasteiger partial charge in [0.2, 0.25) is 5.91 Å². The van der Waals surface area contributed by atoms with E-state index in [0.29, 0.717) is 18.8 Å². The molecule has 0 aliphatic heterocycles. The van der Waals surface area contributed by atoms with Crippen molar-refractivity contribution < 1.29 is 4.79 Å². The first-order valence-electron chi connectivity index (χ1n) is 6.91. The molecule has 0 aliphatic rings. The van der Waals surface area contributed by atoms with Crippen molar-refractivity contribution in [2.75, 3.05) is 31.3 Å². The Kier molecular flexibility index (Phi) is 4.95. The van der Waals surface area contributed by atoms with Crippen LogP contribution >= 0.6 is 0 Å². The molecule has 2 aromatic carbocycles. The molecular weight excluding hydrogens is 262 g/mol. The zero-order valence-corrected chi connectivity index (χ0v) is 12.5. The molecule has 0 heterocycles. The van der Waals surface area contributed by atoms with Crippen molar-refractivity contribution in [2.24, 2.45) is 0 Å². The number of nitrogens with two attached hydrogens (primary N) is 1. The summed E-state index contributed by atoms with van der Waals surface area (Å²) in [6.07, 6.45) is 0. The van der Waals surface area contributed by atoms with Crippen molar-refractivity contribution in [3.05, 3.63) is 60.2 Å². The molecule has 0 saturated heterocycles. The molecule has 2 aromatic rings. The summed E-state index contributed by atoms with van der Waals surface area (Å²) in [6.45, 7) is 0.925. The topological polar surface area (TPSA) is 49.6 Å². The Bertz CT molecular complexity index is 579. The molecule has 0 spiro atoms. The minimum absolute atomic E-state index is 0.0635. The minimum atomic E-state index is 0.0635. The van der Waals surface area contributed by atoms with E-state index in [2.05, 4.69) is 0 Å². The lowest BCUT2D eigenvalue weighted by Crippen LogP contribution is -2.37. The van der Waals surface area contributed by atoms with Gasteiger partial charge < -0.3 is 15.5 Å². The van der Waals surface area contributed by atoms with E-state index < -0.39 is 0 Å². The highest BCUT2D eigenvalue weighted by Gasteiger charge is 2.16. The van der Waals surface area contributed by atoms with Crippen LogP contribution in [0.5, 0.6) is 0 Å². The van der Waals surface area contributed by atoms with E-state index in [1.165, 1.54) is 0 Å². The number of rotatable bonds is 5. The van der Waals surface area contributed by atoms with Crippen LogP contribution in [-0.4, -0.2) is 31.4 Å². The number of carbonyl (C=O) groups excluding carboxylic acids is 1. The van der Waals surface area contributed by atoms with Crippen molar-refractivity contribution in [3.8, 4) is 0 Å². The molecule has 21 heavy (non-hydrogen) atoms. The molecule has 2 rings (SSSR count). The van der Waals surface area contributed by atoms with Crippen LogP contribution in [0, 0.1) is 0 Å². The molecule has 0 aliphatic carbocycles. The van der Waals surface area contributed by atoms with Crippen LogP contribution < -0.4 is 10.6 Å². The second kappa shape index (κ2) is 6.90. The quantitative estimate of drug-likeness (QED) is 0.857. The number of hydrogen-bond donors (Lipinski definition) is 1. The van der Waals surface area contributed by atoms with Gasteiger partial charge >= 0.3 is 0 Å². The van der Waals surface area contributed by atoms with Crippen LogP contribution in [0.3, 0.4) is 0 Å².